The Hall–Kier alpha value is -2.13. The van der Waals surface area contributed by atoms with E-state index >= 15 is 0 Å². The highest BCUT2D eigenvalue weighted by Gasteiger charge is 2.30. The quantitative estimate of drug-likeness (QED) is 0.541. The summed E-state index contributed by atoms with van der Waals surface area (Å²) in [7, 11) is -2.48. The van der Waals surface area contributed by atoms with Crippen LogP contribution in [-0.4, -0.2) is 52.1 Å². The summed E-state index contributed by atoms with van der Waals surface area (Å²) in [5.41, 5.74) is 0.947. The first-order chi connectivity index (χ1) is 13.3. The van der Waals surface area contributed by atoms with Crippen LogP contribution in [0.25, 0.3) is 0 Å². The molecule has 150 valence electrons. The van der Waals surface area contributed by atoms with E-state index in [-0.39, 0.29) is 40.1 Å². The normalized spacial score (nSPS) is 15.2. The van der Waals surface area contributed by atoms with E-state index in [9.17, 15) is 13.2 Å². The standard InChI is InChI=1S/C19H20ClNO6S/c1-13-3-5-15(20)17(11-13)27-19(22)14-4-6-16(25-2)18(12-14)28(23,24)21-7-9-26-10-8-21/h3-6,11-12H,7-10H2,1-2H3. The average molecular weight is 426 g/mol. The van der Waals surface area contributed by atoms with Gasteiger partial charge >= 0.3 is 5.97 Å². The Kier molecular flexibility index (Phi) is 6.24. The third-order valence-electron chi connectivity index (χ3n) is 4.28. The van der Waals surface area contributed by atoms with Gasteiger partial charge in [-0.3, -0.25) is 0 Å². The minimum Gasteiger partial charge on any atom is -0.495 e. The van der Waals surface area contributed by atoms with Gasteiger partial charge in [0.1, 0.15) is 16.4 Å². The van der Waals surface area contributed by atoms with Crippen LogP contribution in [0.1, 0.15) is 15.9 Å². The van der Waals surface area contributed by atoms with Crippen molar-refractivity contribution in [2.45, 2.75) is 11.8 Å². The van der Waals surface area contributed by atoms with E-state index in [1.54, 1.807) is 18.2 Å². The monoisotopic (exact) mass is 425 g/mol. The predicted molar refractivity (Wildman–Crippen MR) is 104 cm³/mol. The number of hydrogen-bond acceptors (Lipinski definition) is 6. The molecule has 1 aliphatic rings. The van der Waals surface area contributed by atoms with Crippen molar-refractivity contribution < 1.29 is 27.4 Å². The van der Waals surface area contributed by atoms with Crippen LogP contribution in [0.3, 0.4) is 0 Å². The Balaban J connectivity index is 1.94. The SMILES string of the molecule is COc1ccc(C(=O)Oc2cc(C)ccc2Cl)cc1S(=O)(=O)N1CCOCC1. The number of halogens is 1. The van der Waals surface area contributed by atoms with Crippen LogP contribution in [0.2, 0.25) is 5.02 Å². The molecule has 7 nitrogen and oxygen atoms in total. The fraction of sp³-hybridized carbons (Fsp3) is 0.316. The highest BCUT2D eigenvalue weighted by atomic mass is 35.5. The Morgan fingerprint density at radius 2 is 1.82 bits per heavy atom. The molecule has 1 saturated heterocycles. The minimum atomic E-state index is -3.85. The fourth-order valence-corrected chi connectivity index (χ4v) is 4.52. The lowest BCUT2D eigenvalue weighted by Crippen LogP contribution is -2.40. The fourth-order valence-electron chi connectivity index (χ4n) is 2.78. The summed E-state index contributed by atoms with van der Waals surface area (Å²) >= 11 is 6.07. The molecular weight excluding hydrogens is 406 g/mol. The van der Waals surface area contributed by atoms with Crippen LogP contribution in [0, 0.1) is 6.92 Å². The van der Waals surface area contributed by atoms with E-state index in [2.05, 4.69) is 0 Å². The summed E-state index contributed by atoms with van der Waals surface area (Å²) < 4.78 is 43.1. The van der Waals surface area contributed by atoms with Gasteiger partial charge in [0.15, 0.2) is 0 Å². The first-order valence-corrected chi connectivity index (χ1v) is 10.4. The largest absolute Gasteiger partial charge is 0.495 e. The second-order valence-electron chi connectivity index (χ2n) is 6.21. The van der Waals surface area contributed by atoms with Crippen LogP contribution in [-0.2, 0) is 14.8 Å². The molecule has 0 radical (unpaired) electrons. The molecule has 2 aromatic rings. The number of hydrogen-bond donors (Lipinski definition) is 0. The third-order valence-corrected chi connectivity index (χ3v) is 6.51. The van der Waals surface area contributed by atoms with Crippen LogP contribution >= 0.6 is 11.6 Å². The molecule has 0 N–H and O–H groups in total. The molecule has 0 aromatic heterocycles. The number of rotatable bonds is 5. The van der Waals surface area contributed by atoms with Gasteiger partial charge in [0.25, 0.3) is 0 Å². The molecule has 0 unspecified atom stereocenters. The molecule has 3 rings (SSSR count). The summed E-state index contributed by atoms with van der Waals surface area (Å²) in [6.07, 6.45) is 0. The smallest absolute Gasteiger partial charge is 0.343 e. The van der Waals surface area contributed by atoms with Gasteiger partial charge in [-0.15, -0.1) is 0 Å². The topological polar surface area (TPSA) is 82.1 Å². The lowest BCUT2D eigenvalue weighted by molar-refractivity contribution is 0.0726. The van der Waals surface area contributed by atoms with Crippen LogP contribution < -0.4 is 9.47 Å². The molecule has 0 atom stereocenters. The summed E-state index contributed by atoms with van der Waals surface area (Å²) in [6.45, 7) is 2.94. The van der Waals surface area contributed by atoms with Crippen molar-refractivity contribution in [3.05, 3.63) is 52.5 Å². The maximum absolute atomic E-state index is 13.0. The lowest BCUT2D eigenvalue weighted by Gasteiger charge is -2.26. The van der Waals surface area contributed by atoms with Crippen molar-refractivity contribution in [3.63, 3.8) is 0 Å². The highest BCUT2D eigenvalue weighted by molar-refractivity contribution is 7.89. The maximum atomic E-state index is 13.0. The molecule has 0 amide bonds. The van der Waals surface area contributed by atoms with Crippen LogP contribution in [0.15, 0.2) is 41.3 Å². The number of benzene rings is 2. The third kappa shape index (κ3) is 4.30. The van der Waals surface area contributed by atoms with E-state index in [0.717, 1.165) is 5.56 Å². The van der Waals surface area contributed by atoms with Gasteiger partial charge in [-0.25, -0.2) is 13.2 Å². The predicted octanol–water partition coefficient (Wildman–Crippen LogP) is 2.90. The van der Waals surface area contributed by atoms with E-state index in [4.69, 9.17) is 25.8 Å². The molecule has 28 heavy (non-hydrogen) atoms. The second kappa shape index (κ2) is 8.48. The van der Waals surface area contributed by atoms with Gasteiger partial charge in [-0.05, 0) is 42.8 Å². The number of sulfonamides is 1. The van der Waals surface area contributed by atoms with E-state index < -0.39 is 16.0 Å². The maximum Gasteiger partial charge on any atom is 0.343 e. The number of carbonyl (C=O) groups is 1. The zero-order chi connectivity index (χ0) is 20.3. The summed E-state index contributed by atoms with van der Waals surface area (Å²) in [5, 5.41) is 0.286. The second-order valence-corrected chi connectivity index (χ2v) is 8.52. The van der Waals surface area contributed by atoms with Gasteiger partial charge in [0.05, 0.1) is 30.9 Å². The summed E-state index contributed by atoms with van der Waals surface area (Å²) in [4.78, 5) is 12.5. The number of esters is 1. The van der Waals surface area contributed by atoms with Crippen molar-refractivity contribution in [2.75, 3.05) is 33.4 Å². The molecule has 9 heteroatoms. The van der Waals surface area contributed by atoms with Crippen molar-refractivity contribution in [1.29, 1.82) is 0 Å². The minimum absolute atomic E-state index is 0.0743. The van der Waals surface area contributed by atoms with Crippen LogP contribution in [0.5, 0.6) is 11.5 Å². The molecule has 1 aliphatic heterocycles. The van der Waals surface area contributed by atoms with Gasteiger partial charge in [0, 0.05) is 13.1 Å². The van der Waals surface area contributed by atoms with Crippen molar-refractivity contribution in [3.8, 4) is 11.5 Å². The zero-order valence-corrected chi connectivity index (χ0v) is 17.0. The Labute approximate surface area is 168 Å². The first kappa shape index (κ1) is 20.6. The Morgan fingerprint density at radius 1 is 1.11 bits per heavy atom. The lowest BCUT2D eigenvalue weighted by atomic mass is 10.2. The molecule has 0 bridgehead atoms. The van der Waals surface area contributed by atoms with E-state index in [1.165, 1.54) is 29.6 Å². The van der Waals surface area contributed by atoms with Crippen molar-refractivity contribution >= 4 is 27.6 Å². The molecular formula is C19H20ClNO6S. The Bertz CT molecular complexity index is 986. The van der Waals surface area contributed by atoms with Crippen molar-refractivity contribution in [1.82, 2.24) is 4.31 Å². The van der Waals surface area contributed by atoms with Gasteiger partial charge in [0.2, 0.25) is 10.0 Å². The number of carbonyl (C=O) groups excluding carboxylic acids is 1. The summed E-state index contributed by atoms with van der Waals surface area (Å²) in [6, 6.07) is 9.19. The number of aryl methyl sites for hydroxylation is 1. The first-order valence-electron chi connectivity index (χ1n) is 8.57. The molecule has 1 heterocycles. The van der Waals surface area contributed by atoms with Crippen LogP contribution in [0.4, 0.5) is 0 Å². The molecule has 1 fully saturated rings. The van der Waals surface area contributed by atoms with E-state index in [1.807, 2.05) is 6.92 Å². The van der Waals surface area contributed by atoms with Gasteiger partial charge in [-0.1, -0.05) is 17.7 Å². The number of ether oxygens (including phenoxy) is 3. The molecule has 0 spiro atoms. The molecule has 2 aromatic carbocycles. The molecule has 0 saturated carbocycles. The number of nitrogens with zero attached hydrogens (tertiary/aromatic N) is 1. The van der Waals surface area contributed by atoms with Gasteiger partial charge in [-0.2, -0.15) is 4.31 Å². The highest BCUT2D eigenvalue weighted by Crippen LogP contribution is 2.30. The number of morpholine rings is 1. The number of methoxy groups -OCH3 is 1. The summed E-state index contributed by atoms with van der Waals surface area (Å²) in [5.74, 6) is -0.356. The Morgan fingerprint density at radius 3 is 2.50 bits per heavy atom. The van der Waals surface area contributed by atoms with Gasteiger partial charge < -0.3 is 14.2 Å². The average Bonchev–Trinajstić information content (AvgIpc) is 2.70. The molecule has 0 aliphatic carbocycles. The van der Waals surface area contributed by atoms with E-state index in [0.29, 0.717) is 13.2 Å². The zero-order valence-electron chi connectivity index (χ0n) is 15.5. The van der Waals surface area contributed by atoms with Crippen molar-refractivity contribution in [2.24, 2.45) is 0 Å².